The first-order valence-electron chi connectivity index (χ1n) is 27.3. The summed E-state index contributed by atoms with van der Waals surface area (Å²) in [4.78, 5) is 35.6. The van der Waals surface area contributed by atoms with Gasteiger partial charge in [0.15, 0.2) is 6.10 Å². The maximum absolute atomic E-state index is 12.8. The van der Waals surface area contributed by atoms with Crippen LogP contribution in [0.1, 0.15) is 219 Å². The largest absolute Gasteiger partial charge is 0.472 e. The zero-order chi connectivity index (χ0) is 49.9. The number of phosphoric ester groups is 1. The van der Waals surface area contributed by atoms with Crippen molar-refractivity contribution in [3.63, 3.8) is 0 Å². The van der Waals surface area contributed by atoms with E-state index in [1.165, 1.54) is 89.9 Å². The minimum atomic E-state index is -4.39. The third kappa shape index (κ3) is 52.6. The first-order chi connectivity index (χ1) is 33.0. The molecule has 0 fully saturated rings. The molecule has 0 aliphatic rings. The maximum Gasteiger partial charge on any atom is 0.472 e. The molecule has 0 aliphatic carbocycles. The number of hydrogen-bond acceptors (Lipinski definition) is 7. The molecule has 68 heavy (non-hydrogen) atoms. The molecule has 10 heteroatoms. The highest BCUT2D eigenvalue weighted by molar-refractivity contribution is 7.47. The van der Waals surface area contributed by atoms with Gasteiger partial charge >= 0.3 is 19.8 Å². The summed E-state index contributed by atoms with van der Waals surface area (Å²) in [6.07, 6.45) is 64.9. The summed E-state index contributed by atoms with van der Waals surface area (Å²) in [5.74, 6) is -0.818. The Labute approximate surface area is 418 Å². The summed E-state index contributed by atoms with van der Waals surface area (Å²) < 4.78 is 34.5. The Morgan fingerprint density at radius 1 is 0.471 bits per heavy atom. The molecule has 9 nitrogen and oxygen atoms in total. The van der Waals surface area contributed by atoms with Gasteiger partial charge in [-0.1, -0.05) is 202 Å². The lowest BCUT2D eigenvalue weighted by Crippen LogP contribution is -2.37. The predicted octanol–water partition coefficient (Wildman–Crippen LogP) is 16.7. The van der Waals surface area contributed by atoms with Crippen LogP contribution in [0.3, 0.4) is 0 Å². The molecule has 0 heterocycles. The first-order valence-corrected chi connectivity index (χ1v) is 28.8. The Balaban J connectivity index is 4.26. The second-order valence-electron chi connectivity index (χ2n) is 19.2. The Bertz CT molecular complexity index is 1420. The van der Waals surface area contributed by atoms with Crippen LogP contribution in [0.15, 0.2) is 85.1 Å². The molecule has 0 saturated carbocycles. The Morgan fingerprint density at radius 3 is 1.25 bits per heavy atom. The number of carbonyl (C=O) groups is 2. The average Bonchev–Trinajstić information content (AvgIpc) is 3.30. The molecule has 0 aliphatic heterocycles. The van der Waals surface area contributed by atoms with E-state index < -0.39 is 26.5 Å². The number of unbranched alkanes of at least 4 members (excludes halogenated alkanes) is 21. The molecule has 0 bridgehead atoms. The number of quaternary nitrogens is 1. The van der Waals surface area contributed by atoms with Gasteiger partial charge in [-0.25, -0.2) is 4.57 Å². The standard InChI is InChI=1S/C58H102NO8P/c1-6-8-10-12-14-16-18-20-22-24-26-28-29-31-32-34-36-38-40-42-44-46-48-50-57(60)64-54-56(55-66-68(62,63)65-53-52-59(3,4)5)67-58(61)51-49-47-45-43-41-39-37-35-33-30-27-25-23-21-19-17-15-13-11-9-7-2/h9,11,15,17-18,20-21,23-24,26-27,29-31,56H,6-8,10,12-14,16,19,22,25,28,32-55H2,1-5H3/p+1/b11-9-,17-15-,20-18-,23-21-,26-24-,30-27-,31-29-. The van der Waals surface area contributed by atoms with Gasteiger partial charge in [0.05, 0.1) is 27.7 Å². The van der Waals surface area contributed by atoms with Crippen LogP contribution in [0.5, 0.6) is 0 Å². The number of nitrogens with zero attached hydrogens (tertiary/aromatic N) is 1. The fourth-order valence-corrected chi connectivity index (χ4v) is 7.93. The second kappa shape index (κ2) is 49.2. The van der Waals surface area contributed by atoms with Crippen molar-refractivity contribution >= 4 is 19.8 Å². The number of likely N-dealkylation sites (N-methyl/N-ethyl adjacent to an activating group) is 1. The fourth-order valence-electron chi connectivity index (χ4n) is 7.19. The lowest BCUT2D eigenvalue weighted by Gasteiger charge is -2.24. The number of phosphoric acid groups is 1. The zero-order valence-electron chi connectivity index (χ0n) is 44.3. The van der Waals surface area contributed by atoms with Gasteiger partial charge in [0.2, 0.25) is 0 Å². The number of esters is 2. The van der Waals surface area contributed by atoms with Crippen molar-refractivity contribution in [3.8, 4) is 0 Å². The zero-order valence-corrected chi connectivity index (χ0v) is 45.2. The van der Waals surface area contributed by atoms with Gasteiger partial charge in [0, 0.05) is 12.8 Å². The van der Waals surface area contributed by atoms with Crippen LogP contribution in [-0.4, -0.2) is 74.9 Å². The lowest BCUT2D eigenvalue weighted by molar-refractivity contribution is -0.870. The Kier molecular flexibility index (Phi) is 47.2. The smallest absolute Gasteiger partial charge is 0.462 e. The number of hydrogen-bond donors (Lipinski definition) is 1. The van der Waals surface area contributed by atoms with E-state index in [0.717, 1.165) is 96.3 Å². The molecule has 0 rings (SSSR count). The van der Waals surface area contributed by atoms with Gasteiger partial charge in [-0.3, -0.25) is 18.6 Å². The summed E-state index contributed by atoms with van der Waals surface area (Å²) in [5, 5.41) is 0. The molecule has 0 aromatic carbocycles. The average molecular weight is 973 g/mol. The highest BCUT2D eigenvalue weighted by atomic mass is 31.2. The van der Waals surface area contributed by atoms with E-state index in [-0.39, 0.29) is 32.0 Å². The van der Waals surface area contributed by atoms with Crippen LogP contribution in [0, 0.1) is 0 Å². The number of carbonyl (C=O) groups excluding carboxylic acids is 2. The molecule has 0 saturated heterocycles. The van der Waals surface area contributed by atoms with Crippen LogP contribution in [0.4, 0.5) is 0 Å². The molecule has 0 amide bonds. The van der Waals surface area contributed by atoms with E-state index in [2.05, 4.69) is 98.9 Å². The van der Waals surface area contributed by atoms with Crippen molar-refractivity contribution in [3.05, 3.63) is 85.1 Å². The molecule has 0 aromatic heterocycles. The summed E-state index contributed by atoms with van der Waals surface area (Å²) >= 11 is 0. The molecular formula is C58H103NO8P+. The van der Waals surface area contributed by atoms with Crippen LogP contribution >= 0.6 is 7.82 Å². The topological polar surface area (TPSA) is 108 Å². The van der Waals surface area contributed by atoms with Crippen molar-refractivity contribution in [1.82, 2.24) is 0 Å². The third-order valence-electron chi connectivity index (χ3n) is 11.4. The fraction of sp³-hybridized carbons (Fsp3) is 0.724. The van der Waals surface area contributed by atoms with Crippen LogP contribution in [0.2, 0.25) is 0 Å². The second-order valence-corrected chi connectivity index (χ2v) is 20.7. The monoisotopic (exact) mass is 973 g/mol. The molecule has 0 aromatic rings. The van der Waals surface area contributed by atoms with Crippen molar-refractivity contribution < 1.29 is 42.1 Å². The molecule has 0 radical (unpaired) electrons. The number of rotatable bonds is 49. The summed E-state index contributed by atoms with van der Waals surface area (Å²) in [7, 11) is 1.46. The lowest BCUT2D eigenvalue weighted by atomic mass is 10.1. The van der Waals surface area contributed by atoms with E-state index in [4.69, 9.17) is 18.5 Å². The Hall–Kier alpha value is -2.81. The predicted molar refractivity (Wildman–Crippen MR) is 289 cm³/mol. The third-order valence-corrected chi connectivity index (χ3v) is 12.4. The van der Waals surface area contributed by atoms with Crippen LogP contribution in [-0.2, 0) is 32.7 Å². The maximum atomic E-state index is 12.8. The van der Waals surface area contributed by atoms with Gasteiger partial charge < -0.3 is 18.9 Å². The molecule has 1 N–H and O–H groups in total. The van der Waals surface area contributed by atoms with Crippen molar-refractivity contribution in [1.29, 1.82) is 0 Å². The van der Waals surface area contributed by atoms with Gasteiger partial charge in [-0.05, 0) is 89.9 Å². The van der Waals surface area contributed by atoms with Gasteiger partial charge in [0.1, 0.15) is 19.8 Å². The number of ether oxygens (including phenoxy) is 2. The van der Waals surface area contributed by atoms with E-state index in [9.17, 15) is 19.0 Å². The summed E-state index contributed by atoms with van der Waals surface area (Å²) in [6, 6.07) is 0. The summed E-state index contributed by atoms with van der Waals surface area (Å²) in [6.45, 7) is 4.29. The van der Waals surface area contributed by atoms with Crippen molar-refractivity contribution in [2.45, 2.75) is 225 Å². The minimum absolute atomic E-state index is 0.0245. The molecule has 2 atom stereocenters. The van der Waals surface area contributed by atoms with Gasteiger partial charge in [0.25, 0.3) is 0 Å². The highest BCUT2D eigenvalue weighted by Crippen LogP contribution is 2.43. The van der Waals surface area contributed by atoms with E-state index in [1.807, 2.05) is 21.1 Å². The van der Waals surface area contributed by atoms with Crippen LogP contribution in [0.25, 0.3) is 0 Å². The van der Waals surface area contributed by atoms with E-state index in [1.54, 1.807) is 0 Å². The normalized spacial score (nSPS) is 14.0. The molecule has 2 unspecified atom stereocenters. The van der Waals surface area contributed by atoms with Crippen molar-refractivity contribution in [2.24, 2.45) is 0 Å². The number of allylic oxidation sites excluding steroid dienone is 14. The van der Waals surface area contributed by atoms with Crippen molar-refractivity contribution in [2.75, 3.05) is 47.5 Å². The molecule has 392 valence electrons. The highest BCUT2D eigenvalue weighted by Gasteiger charge is 2.27. The molecule has 0 spiro atoms. The summed E-state index contributed by atoms with van der Waals surface area (Å²) in [5.41, 5.74) is 0. The van der Waals surface area contributed by atoms with E-state index in [0.29, 0.717) is 17.4 Å². The first kappa shape index (κ1) is 65.2. The van der Waals surface area contributed by atoms with Gasteiger partial charge in [-0.2, -0.15) is 0 Å². The SMILES string of the molecule is CC/C=C\C/C=C\C/C=C\C/C=C\CCCCCCCCCCC(=O)OC(COC(=O)CCCCCCCCCC/C=C\C/C=C\C/C=C\CCCCCCC)COP(=O)(O)OCC[N+](C)(C)C. The van der Waals surface area contributed by atoms with Crippen LogP contribution < -0.4 is 0 Å². The van der Waals surface area contributed by atoms with Gasteiger partial charge in [-0.15, -0.1) is 0 Å². The Morgan fingerprint density at radius 2 is 0.838 bits per heavy atom. The minimum Gasteiger partial charge on any atom is -0.462 e. The van der Waals surface area contributed by atoms with E-state index >= 15 is 0 Å². The quantitative estimate of drug-likeness (QED) is 0.0211. The molecular weight excluding hydrogens is 870 g/mol.